The zero-order chi connectivity index (χ0) is 33.7. The Hall–Kier alpha value is -6.32. The van der Waals surface area contributed by atoms with E-state index in [1.807, 2.05) is 0 Å². The number of benzene rings is 6. The Morgan fingerprint density at radius 2 is 0.863 bits per heavy atom. The van der Waals surface area contributed by atoms with Crippen molar-refractivity contribution < 1.29 is 9.47 Å². The molecule has 0 saturated heterocycles. The molecule has 51 heavy (non-hydrogen) atoms. The summed E-state index contributed by atoms with van der Waals surface area (Å²) in [4.78, 5) is 2.34. The normalized spacial score (nSPS) is 20.2. The molecule has 0 amide bonds. The summed E-state index contributed by atoms with van der Waals surface area (Å²) in [5.74, 6) is 2.51. The molecule has 2 heterocycles. The smallest absolute Gasteiger partial charge is 0.132 e. The number of para-hydroxylation sites is 2. The summed E-state index contributed by atoms with van der Waals surface area (Å²) in [5.41, 5.74) is 12.7. The Labute approximate surface area is 298 Å². The van der Waals surface area contributed by atoms with Crippen LogP contribution in [0.4, 0.5) is 17.1 Å². The van der Waals surface area contributed by atoms with Crippen molar-refractivity contribution in [2.24, 2.45) is 0 Å². The molecule has 6 aromatic rings. The first-order chi connectivity index (χ1) is 25.3. The maximum atomic E-state index is 6.51. The molecule has 6 aromatic carbocycles. The van der Waals surface area contributed by atoms with Crippen LogP contribution < -0.4 is 14.4 Å². The SMILES string of the molecule is C1=CC2Oc3c(-c4ccc(N(c5ccc(-c6cccc7c6OC6C=CC=CC76)cc5)c5cccc(-c6ccccc6)c5)cc4)cccc3C2C=C1. The summed E-state index contributed by atoms with van der Waals surface area (Å²) in [6.45, 7) is 0. The second-order valence-corrected chi connectivity index (χ2v) is 13.5. The van der Waals surface area contributed by atoms with Crippen LogP contribution in [0, 0.1) is 0 Å². The van der Waals surface area contributed by atoms with Gasteiger partial charge in [-0.1, -0.05) is 140 Å². The predicted molar refractivity (Wildman–Crippen MR) is 208 cm³/mol. The van der Waals surface area contributed by atoms with Gasteiger partial charge in [-0.15, -0.1) is 0 Å². The number of rotatable bonds is 6. The van der Waals surface area contributed by atoms with Gasteiger partial charge in [-0.25, -0.2) is 0 Å². The van der Waals surface area contributed by atoms with Gasteiger partial charge >= 0.3 is 0 Å². The average Bonchev–Trinajstić information content (AvgIpc) is 3.78. The van der Waals surface area contributed by atoms with Crippen molar-refractivity contribution >= 4 is 17.1 Å². The van der Waals surface area contributed by atoms with Gasteiger partial charge in [0.25, 0.3) is 0 Å². The molecule has 0 spiro atoms. The van der Waals surface area contributed by atoms with Crippen molar-refractivity contribution in [3.05, 3.63) is 199 Å². The molecule has 4 aliphatic rings. The fraction of sp³-hybridized carbons (Fsp3) is 0.0833. The van der Waals surface area contributed by atoms with Gasteiger partial charge < -0.3 is 14.4 Å². The molecule has 244 valence electrons. The summed E-state index contributed by atoms with van der Waals surface area (Å²) < 4.78 is 13.0. The van der Waals surface area contributed by atoms with Crippen LogP contribution in [0.15, 0.2) is 188 Å². The fourth-order valence-corrected chi connectivity index (χ4v) is 8.07. The lowest BCUT2D eigenvalue weighted by Gasteiger charge is -2.26. The number of anilines is 3. The van der Waals surface area contributed by atoms with Crippen molar-refractivity contribution in [1.29, 1.82) is 0 Å². The highest BCUT2D eigenvalue weighted by atomic mass is 16.5. The molecular formula is C48H35NO2. The molecule has 3 heteroatoms. The molecule has 4 unspecified atom stereocenters. The maximum absolute atomic E-state index is 6.51. The second kappa shape index (κ2) is 12.2. The van der Waals surface area contributed by atoms with Gasteiger partial charge in [0.05, 0.1) is 0 Å². The van der Waals surface area contributed by atoms with Crippen LogP contribution in [0.5, 0.6) is 11.5 Å². The minimum atomic E-state index is 0.0575. The van der Waals surface area contributed by atoms with Crippen LogP contribution in [0.3, 0.4) is 0 Å². The third kappa shape index (κ3) is 5.13. The third-order valence-electron chi connectivity index (χ3n) is 10.6. The lowest BCUT2D eigenvalue weighted by Crippen LogP contribution is -2.15. The number of hydrogen-bond acceptors (Lipinski definition) is 3. The average molecular weight is 658 g/mol. The van der Waals surface area contributed by atoms with Crippen LogP contribution in [0.1, 0.15) is 23.0 Å². The van der Waals surface area contributed by atoms with E-state index in [1.54, 1.807) is 0 Å². The summed E-state index contributed by atoms with van der Waals surface area (Å²) in [6, 6.07) is 50.2. The monoisotopic (exact) mass is 657 g/mol. The van der Waals surface area contributed by atoms with E-state index < -0.39 is 0 Å². The van der Waals surface area contributed by atoms with E-state index in [0.29, 0.717) is 0 Å². The van der Waals surface area contributed by atoms with Gasteiger partial charge in [-0.3, -0.25) is 0 Å². The summed E-state index contributed by atoms with van der Waals surface area (Å²) in [6.07, 6.45) is 17.3. The van der Waals surface area contributed by atoms with Gasteiger partial charge in [0, 0.05) is 51.2 Å². The van der Waals surface area contributed by atoms with Crippen molar-refractivity contribution in [2.45, 2.75) is 24.0 Å². The van der Waals surface area contributed by atoms with E-state index in [0.717, 1.165) is 50.8 Å². The van der Waals surface area contributed by atoms with E-state index in [2.05, 4.69) is 193 Å². The fourth-order valence-electron chi connectivity index (χ4n) is 8.07. The number of fused-ring (bicyclic) bond motifs is 6. The molecule has 0 fully saturated rings. The zero-order valence-electron chi connectivity index (χ0n) is 28.0. The maximum Gasteiger partial charge on any atom is 0.132 e. The Morgan fingerprint density at radius 3 is 1.41 bits per heavy atom. The predicted octanol–water partition coefficient (Wildman–Crippen LogP) is 12.1. The summed E-state index contributed by atoms with van der Waals surface area (Å²) in [5, 5.41) is 0. The molecule has 0 aromatic heterocycles. The van der Waals surface area contributed by atoms with Gasteiger partial charge in [-0.05, 0) is 70.8 Å². The molecule has 0 saturated carbocycles. The number of hydrogen-bond donors (Lipinski definition) is 0. The zero-order valence-corrected chi connectivity index (χ0v) is 28.0. The van der Waals surface area contributed by atoms with Crippen molar-refractivity contribution in [3.63, 3.8) is 0 Å². The molecule has 3 nitrogen and oxygen atoms in total. The lowest BCUT2D eigenvalue weighted by molar-refractivity contribution is 0.269. The molecule has 0 bridgehead atoms. The van der Waals surface area contributed by atoms with Crippen LogP contribution in [0.25, 0.3) is 33.4 Å². The van der Waals surface area contributed by atoms with Crippen molar-refractivity contribution in [2.75, 3.05) is 4.90 Å². The highest BCUT2D eigenvalue weighted by molar-refractivity contribution is 5.84. The minimum absolute atomic E-state index is 0.0575. The van der Waals surface area contributed by atoms with Gasteiger partial charge in [-0.2, -0.15) is 0 Å². The van der Waals surface area contributed by atoms with Gasteiger partial charge in [0.2, 0.25) is 0 Å². The van der Waals surface area contributed by atoms with Gasteiger partial charge in [0.1, 0.15) is 23.7 Å². The van der Waals surface area contributed by atoms with Crippen molar-refractivity contribution in [1.82, 2.24) is 0 Å². The lowest BCUT2D eigenvalue weighted by atomic mass is 9.90. The van der Waals surface area contributed by atoms with Crippen molar-refractivity contribution in [3.8, 4) is 44.9 Å². The molecule has 4 atom stereocenters. The Balaban J connectivity index is 1.03. The van der Waals surface area contributed by atoms with E-state index in [1.165, 1.54) is 22.3 Å². The Kier molecular flexibility index (Phi) is 7.09. The largest absolute Gasteiger partial charge is 0.484 e. The first-order valence-electron chi connectivity index (χ1n) is 17.7. The highest BCUT2D eigenvalue weighted by Gasteiger charge is 2.35. The molecule has 2 aliphatic heterocycles. The standard InChI is InChI=1S/C48H35NO2/c1-2-11-32(12-3-1)35-13-8-14-38(31-35)49(36-27-23-33(24-28-36)39-17-9-19-43-41-15-4-6-21-45(41)50-47(39)43)37-29-25-34(26-30-37)40-18-10-20-44-42-16-5-7-22-46(42)51-48(40)44/h1-31,41-42,45-46H. The quantitative estimate of drug-likeness (QED) is 0.178. The first-order valence-corrected chi connectivity index (χ1v) is 17.7. The van der Waals surface area contributed by atoms with E-state index in [4.69, 9.17) is 9.47 Å². The summed E-state index contributed by atoms with van der Waals surface area (Å²) >= 11 is 0. The topological polar surface area (TPSA) is 21.7 Å². The number of allylic oxidation sites excluding steroid dienone is 4. The third-order valence-corrected chi connectivity index (χ3v) is 10.6. The molecule has 2 aliphatic carbocycles. The number of nitrogens with zero attached hydrogens (tertiary/aromatic N) is 1. The van der Waals surface area contributed by atoms with Gasteiger partial charge in [0.15, 0.2) is 0 Å². The molecule has 0 N–H and O–H groups in total. The van der Waals surface area contributed by atoms with Crippen LogP contribution in [-0.2, 0) is 0 Å². The van der Waals surface area contributed by atoms with E-state index in [-0.39, 0.29) is 24.0 Å². The van der Waals surface area contributed by atoms with Crippen LogP contribution in [-0.4, -0.2) is 12.2 Å². The molecule has 0 radical (unpaired) electrons. The Morgan fingerprint density at radius 1 is 0.373 bits per heavy atom. The summed E-state index contributed by atoms with van der Waals surface area (Å²) in [7, 11) is 0. The van der Waals surface area contributed by atoms with Crippen LogP contribution >= 0.6 is 0 Å². The number of ether oxygens (including phenoxy) is 2. The Bertz CT molecular complexity index is 2260. The highest BCUT2D eigenvalue weighted by Crippen LogP contribution is 2.49. The van der Waals surface area contributed by atoms with E-state index >= 15 is 0 Å². The van der Waals surface area contributed by atoms with E-state index in [9.17, 15) is 0 Å². The first kappa shape index (κ1) is 29.6. The second-order valence-electron chi connectivity index (χ2n) is 13.5. The minimum Gasteiger partial charge on any atom is -0.484 e. The van der Waals surface area contributed by atoms with Crippen LogP contribution in [0.2, 0.25) is 0 Å². The molecule has 10 rings (SSSR count). The molecular weight excluding hydrogens is 623 g/mol.